The summed E-state index contributed by atoms with van der Waals surface area (Å²) in [6.07, 6.45) is 1.64. The second-order valence-corrected chi connectivity index (χ2v) is 8.62. The van der Waals surface area contributed by atoms with Gasteiger partial charge in [-0.3, -0.25) is 8.99 Å². The van der Waals surface area contributed by atoms with Crippen LogP contribution in [0.25, 0.3) is 11.3 Å². The summed E-state index contributed by atoms with van der Waals surface area (Å²) in [4.78, 5) is 0.228. The average molecular weight is 384 g/mol. The van der Waals surface area contributed by atoms with Crippen molar-refractivity contribution in [1.29, 1.82) is 0 Å². The zero-order valence-electron chi connectivity index (χ0n) is 16.1. The van der Waals surface area contributed by atoms with Crippen LogP contribution in [0.3, 0.4) is 0 Å². The maximum atomic E-state index is 13.6. The standard InChI is InChI=1S/C21H25N3O2S/c1-5-24(19-13-9-10-17(4)14-19)27(25,26)20-15-23(16(2)3)22-21(20)18-11-7-6-8-12-18/h6-16H,5H2,1-4H3. The van der Waals surface area contributed by atoms with E-state index in [0.29, 0.717) is 17.9 Å². The Kier molecular flexibility index (Phi) is 5.37. The Morgan fingerprint density at radius 3 is 2.37 bits per heavy atom. The van der Waals surface area contributed by atoms with Crippen LogP contribution in [0.1, 0.15) is 32.4 Å². The van der Waals surface area contributed by atoms with E-state index in [0.717, 1.165) is 11.1 Å². The highest BCUT2D eigenvalue weighted by molar-refractivity contribution is 7.93. The van der Waals surface area contributed by atoms with Gasteiger partial charge in [0, 0.05) is 24.3 Å². The molecule has 0 radical (unpaired) electrons. The van der Waals surface area contributed by atoms with Gasteiger partial charge in [-0.15, -0.1) is 0 Å². The monoisotopic (exact) mass is 383 g/mol. The number of anilines is 1. The number of sulfonamides is 1. The minimum Gasteiger partial charge on any atom is -0.268 e. The minimum absolute atomic E-state index is 0.0606. The first-order valence-corrected chi connectivity index (χ1v) is 10.5. The molecule has 0 unspecified atom stereocenters. The smallest absolute Gasteiger partial charge is 0.268 e. The van der Waals surface area contributed by atoms with Crippen LogP contribution in [0.15, 0.2) is 65.7 Å². The van der Waals surface area contributed by atoms with Crippen molar-refractivity contribution in [2.75, 3.05) is 10.8 Å². The largest absolute Gasteiger partial charge is 0.268 e. The highest BCUT2D eigenvalue weighted by Gasteiger charge is 2.30. The Hall–Kier alpha value is -2.60. The lowest BCUT2D eigenvalue weighted by Gasteiger charge is -2.23. The molecule has 27 heavy (non-hydrogen) atoms. The third-order valence-electron chi connectivity index (χ3n) is 4.42. The molecule has 1 aromatic heterocycles. The van der Waals surface area contributed by atoms with Crippen LogP contribution < -0.4 is 4.31 Å². The van der Waals surface area contributed by atoms with Crippen LogP contribution in [0.2, 0.25) is 0 Å². The molecule has 0 fully saturated rings. The van der Waals surface area contributed by atoms with Gasteiger partial charge in [-0.2, -0.15) is 5.10 Å². The number of rotatable bonds is 6. The highest BCUT2D eigenvalue weighted by atomic mass is 32.2. The van der Waals surface area contributed by atoms with Crippen molar-refractivity contribution in [2.24, 2.45) is 0 Å². The van der Waals surface area contributed by atoms with Crippen LogP contribution in [0.5, 0.6) is 0 Å². The quantitative estimate of drug-likeness (QED) is 0.622. The average Bonchev–Trinajstić information content (AvgIpc) is 3.09. The first-order valence-electron chi connectivity index (χ1n) is 9.08. The van der Waals surface area contributed by atoms with E-state index in [9.17, 15) is 8.42 Å². The lowest BCUT2D eigenvalue weighted by atomic mass is 10.2. The molecule has 3 rings (SSSR count). The summed E-state index contributed by atoms with van der Waals surface area (Å²) in [5, 5.41) is 4.58. The molecule has 0 aliphatic rings. The Bertz CT molecular complexity index is 1020. The SMILES string of the molecule is CCN(c1cccc(C)c1)S(=O)(=O)c1cn(C(C)C)nc1-c1ccccc1. The zero-order valence-corrected chi connectivity index (χ0v) is 16.9. The molecule has 0 bridgehead atoms. The van der Waals surface area contributed by atoms with Crippen molar-refractivity contribution in [2.45, 2.75) is 38.6 Å². The fourth-order valence-electron chi connectivity index (χ4n) is 3.02. The van der Waals surface area contributed by atoms with Gasteiger partial charge in [0.2, 0.25) is 0 Å². The van der Waals surface area contributed by atoms with Crippen LogP contribution in [0.4, 0.5) is 5.69 Å². The van der Waals surface area contributed by atoms with Crippen molar-refractivity contribution in [1.82, 2.24) is 9.78 Å². The molecule has 0 amide bonds. The number of hydrogen-bond acceptors (Lipinski definition) is 3. The van der Waals surface area contributed by atoms with E-state index in [1.165, 1.54) is 4.31 Å². The number of benzene rings is 2. The third kappa shape index (κ3) is 3.76. The van der Waals surface area contributed by atoms with E-state index in [1.807, 2.05) is 82.3 Å². The molecule has 0 saturated heterocycles. The lowest BCUT2D eigenvalue weighted by molar-refractivity contribution is 0.532. The van der Waals surface area contributed by atoms with Crippen molar-refractivity contribution >= 4 is 15.7 Å². The fourth-order valence-corrected chi connectivity index (χ4v) is 4.63. The molecule has 0 aliphatic carbocycles. The van der Waals surface area contributed by atoms with Gasteiger partial charge in [0.05, 0.1) is 5.69 Å². The molecule has 2 aromatic carbocycles. The Labute approximate surface area is 161 Å². The molecule has 1 heterocycles. The molecule has 0 atom stereocenters. The van der Waals surface area contributed by atoms with Gasteiger partial charge in [0.1, 0.15) is 10.6 Å². The second-order valence-electron chi connectivity index (χ2n) is 6.79. The molecule has 0 saturated carbocycles. The normalized spacial score (nSPS) is 11.7. The summed E-state index contributed by atoms with van der Waals surface area (Å²) in [7, 11) is -3.76. The summed E-state index contributed by atoms with van der Waals surface area (Å²) in [5.74, 6) is 0. The molecule has 3 aromatic rings. The van der Waals surface area contributed by atoms with Gasteiger partial charge in [-0.05, 0) is 45.4 Å². The van der Waals surface area contributed by atoms with Crippen molar-refractivity contribution in [3.63, 3.8) is 0 Å². The van der Waals surface area contributed by atoms with Gasteiger partial charge >= 0.3 is 0 Å². The molecule has 0 aliphatic heterocycles. The van der Waals surface area contributed by atoms with E-state index < -0.39 is 10.0 Å². The van der Waals surface area contributed by atoms with E-state index in [2.05, 4.69) is 5.10 Å². The summed E-state index contributed by atoms with van der Waals surface area (Å²) in [6.45, 7) is 8.10. The van der Waals surface area contributed by atoms with Crippen LogP contribution in [-0.2, 0) is 10.0 Å². The highest BCUT2D eigenvalue weighted by Crippen LogP contribution is 2.32. The molecule has 6 heteroatoms. The summed E-state index contributed by atoms with van der Waals surface area (Å²) >= 11 is 0. The van der Waals surface area contributed by atoms with Crippen molar-refractivity contribution in [3.05, 3.63) is 66.4 Å². The Balaban J connectivity index is 2.18. The van der Waals surface area contributed by atoms with Gasteiger partial charge in [0.15, 0.2) is 0 Å². The topological polar surface area (TPSA) is 55.2 Å². The number of aromatic nitrogens is 2. The summed E-state index contributed by atoms with van der Waals surface area (Å²) in [6, 6.07) is 17.0. The van der Waals surface area contributed by atoms with E-state index in [-0.39, 0.29) is 10.9 Å². The van der Waals surface area contributed by atoms with E-state index >= 15 is 0 Å². The molecule has 142 valence electrons. The Morgan fingerprint density at radius 1 is 1.07 bits per heavy atom. The van der Waals surface area contributed by atoms with Crippen LogP contribution in [-0.4, -0.2) is 24.7 Å². The maximum absolute atomic E-state index is 13.6. The first kappa shape index (κ1) is 19.2. The first-order chi connectivity index (χ1) is 12.8. The predicted octanol–water partition coefficient (Wildman–Crippen LogP) is 4.65. The number of hydrogen-bond donors (Lipinski definition) is 0. The second kappa shape index (κ2) is 7.56. The zero-order chi connectivity index (χ0) is 19.6. The summed E-state index contributed by atoms with van der Waals surface area (Å²) in [5.41, 5.74) is 2.95. The number of aryl methyl sites for hydroxylation is 1. The van der Waals surface area contributed by atoms with E-state index in [4.69, 9.17) is 0 Å². The molecule has 5 nitrogen and oxygen atoms in total. The van der Waals surface area contributed by atoms with Crippen molar-refractivity contribution in [3.8, 4) is 11.3 Å². The molecule has 0 N–H and O–H groups in total. The Morgan fingerprint density at radius 2 is 1.78 bits per heavy atom. The van der Waals surface area contributed by atoms with Crippen LogP contribution in [0, 0.1) is 6.92 Å². The maximum Gasteiger partial charge on any atom is 0.268 e. The van der Waals surface area contributed by atoms with Gasteiger partial charge in [-0.1, -0.05) is 42.5 Å². The van der Waals surface area contributed by atoms with E-state index in [1.54, 1.807) is 10.9 Å². The van der Waals surface area contributed by atoms with Gasteiger partial charge in [0.25, 0.3) is 10.0 Å². The predicted molar refractivity (Wildman–Crippen MR) is 109 cm³/mol. The fraction of sp³-hybridized carbons (Fsp3) is 0.286. The van der Waals surface area contributed by atoms with Crippen LogP contribution >= 0.6 is 0 Å². The van der Waals surface area contributed by atoms with Gasteiger partial charge < -0.3 is 0 Å². The molecular formula is C21H25N3O2S. The van der Waals surface area contributed by atoms with Crippen molar-refractivity contribution < 1.29 is 8.42 Å². The summed E-state index contributed by atoms with van der Waals surface area (Å²) < 4.78 is 30.3. The molecule has 0 spiro atoms. The lowest BCUT2D eigenvalue weighted by Crippen LogP contribution is -2.31. The number of nitrogens with zero attached hydrogens (tertiary/aromatic N) is 3. The molecular weight excluding hydrogens is 358 g/mol. The third-order valence-corrected chi connectivity index (χ3v) is 6.32. The van der Waals surface area contributed by atoms with Gasteiger partial charge in [-0.25, -0.2) is 8.42 Å². The minimum atomic E-state index is -3.76.